The number of carboxylic acids is 1. The second kappa shape index (κ2) is 7.18. The maximum atomic E-state index is 10.5. The summed E-state index contributed by atoms with van der Waals surface area (Å²) < 4.78 is 0. The van der Waals surface area contributed by atoms with E-state index >= 15 is 0 Å². The average molecular weight is 190 g/mol. The van der Waals surface area contributed by atoms with Crippen molar-refractivity contribution in [3.05, 3.63) is 11.6 Å². The van der Waals surface area contributed by atoms with Crippen LogP contribution < -0.4 is 0 Å². The summed E-state index contributed by atoms with van der Waals surface area (Å²) in [5.41, 5.74) is 0.445. The van der Waals surface area contributed by atoms with E-state index < -0.39 is 5.97 Å². The van der Waals surface area contributed by atoms with E-state index in [1.165, 1.54) is 11.8 Å². The van der Waals surface area contributed by atoms with Crippen molar-refractivity contribution in [3.8, 4) is 0 Å². The fourth-order valence-electron chi connectivity index (χ4n) is 0.690. The minimum absolute atomic E-state index is 0.146. The second-order valence-corrected chi connectivity index (χ2v) is 3.34. The van der Waals surface area contributed by atoms with Crippen molar-refractivity contribution in [1.29, 1.82) is 0 Å². The fraction of sp³-hybridized carbons (Fsp3) is 0.625. The summed E-state index contributed by atoms with van der Waals surface area (Å²) in [6.45, 7) is 1.96. The Hall–Kier alpha value is -0.480. The highest BCUT2D eigenvalue weighted by molar-refractivity contribution is 7.99. The molecule has 0 heterocycles. The van der Waals surface area contributed by atoms with Gasteiger partial charge in [-0.1, -0.05) is 13.0 Å². The van der Waals surface area contributed by atoms with E-state index in [9.17, 15) is 4.79 Å². The predicted octanol–water partition coefficient (Wildman–Crippen LogP) is 1.13. The second-order valence-electron chi connectivity index (χ2n) is 2.19. The van der Waals surface area contributed by atoms with Crippen LogP contribution in [0.2, 0.25) is 0 Å². The van der Waals surface area contributed by atoms with Gasteiger partial charge < -0.3 is 10.2 Å². The molecule has 0 amide bonds. The summed E-state index contributed by atoms with van der Waals surface area (Å²) in [6.07, 6.45) is 2.25. The molecule has 0 unspecified atom stereocenters. The SMILES string of the molecule is CCC(=CCSCCO)C(=O)O. The molecule has 0 spiro atoms. The third-order valence-corrected chi connectivity index (χ3v) is 2.21. The number of aliphatic hydroxyl groups excluding tert-OH is 1. The molecule has 2 N–H and O–H groups in total. The van der Waals surface area contributed by atoms with Crippen molar-refractivity contribution in [2.45, 2.75) is 13.3 Å². The van der Waals surface area contributed by atoms with Gasteiger partial charge >= 0.3 is 5.97 Å². The zero-order valence-electron chi connectivity index (χ0n) is 7.12. The predicted molar refractivity (Wildman–Crippen MR) is 50.4 cm³/mol. The molecule has 3 nitrogen and oxygen atoms in total. The molecule has 0 aromatic heterocycles. The van der Waals surface area contributed by atoms with Gasteiger partial charge in [-0.15, -0.1) is 0 Å². The van der Waals surface area contributed by atoms with Gasteiger partial charge in [0.05, 0.1) is 6.61 Å². The summed E-state index contributed by atoms with van der Waals surface area (Å²) in [6, 6.07) is 0. The van der Waals surface area contributed by atoms with Crippen molar-refractivity contribution >= 4 is 17.7 Å². The summed E-state index contributed by atoms with van der Waals surface area (Å²) in [4.78, 5) is 10.5. The average Bonchev–Trinajstić information content (AvgIpc) is 2.04. The fourth-order valence-corrected chi connectivity index (χ4v) is 1.31. The molecule has 0 aliphatic carbocycles. The molecular weight excluding hydrogens is 176 g/mol. The number of hydrogen-bond donors (Lipinski definition) is 2. The molecule has 0 saturated heterocycles. The zero-order valence-corrected chi connectivity index (χ0v) is 7.93. The van der Waals surface area contributed by atoms with Gasteiger partial charge in [-0.25, -0.2) is 4.79 Å². The Labute approximate surface area is 76.5 Å². The molecule has 0 saturated carbocycles. The topological polar surface area (TPSA) is 57.5 Å². The molecule has 0 fully saturated rings. The van der Waals surface area contributed by atoms with Crippen LogP contribution >= 0.6 is 11.8 Å². The molecule has 0 bridgehead atoms. The van der Waals surface area contributed by atoms with Crippen LogP contribution in [-0.4, -0.2) is 34.3 Å². The highest BCUT2D eigenvalue weighted by atomic mass is 32.2. The smallest absolute Gasteiger partial charge is 0.331 e. The Balaban J connectivity index is 3.71. The summed E-state index contributed by atoms with van der Waals surface area (Å²) in [5, 5.41) is 17.0. The lowest BCUT2D eigenvalue weighted by Crippen LogP contribution is -1.99. The van der Waals surface area contributed by atoms with Gasteiger partial charge in [0.1, 0.15) is 0 Å². The van der Waals surface area contributed by atoms with Crippen molar-refractivity contribution in [2.75, 3.05) is 18.1 Å². The van der Waals surface area contributed by atoms with Crippen molar-refractivity contribution in [1.82, 2.24) is 0 Å². The molecule has 0 radical (unpaired) electrons. The van der Waals surface area contributed by atoms with Crippen LogP contribution in [0.15, 0.2) is 11.6 Å². The Bertz CT molecular complexity index is 166. The standard InChI is InChI=1S/C8H14O3S/c1-2-7(8(10)11)3-5-12-6-4-9/h3,9H,2,4-6H2,1H3,(H,10,11). The molecule has 70 valence electrons. The Morgan fingerprint density at radius 3 is 2.67 bits per heavy atom. The first kappa shape index (κ1) is 11.5. The number of thioether (sulfide) groups is 1. The molecule has 0 rings (SSSR count). The molecule has 0 aliphatic heterocycles. The maximum absolute atomic E-state index is 10.5. The Kier molecular flexibility index (Phi) is 6.90. The molecule has 0 atom stereocenters. The van der Waals surface area contributed by atoms with E-state index in [2.05, 4.69) is 0 Å². The summed E-state index contributed by atoms with van der Waals surface area (Å²) in [7, 11) is 0. The van der Waals surface area contributed by atoms with Crippen molar-refractivity contribution in [2.24, 2.45) is 0 Å². The van der Waals surface area contributed by atoms with Gasteiger partial charge in [0.2, 0.25) is 0 Å². The lowest BCUT2D eigenvalue weighted by Gasteiger charge is -1.97. The lowest BCUT2D eigenvalue weighted by atomic mass is 10.2. The van der Waals surface area contributed by atoms with Gasteiger partial charge in [-0.3, -0.25) is 0 Å². The monoisotopic (exact) mass is 190 g/mol. The number of rotatable bonds is 6. The van der Waals surface area contributed by atoms with E-state index in [4.69, 9.17) is 10.2 Å². The van der Waals surface area contributed by atoms with E-state index in [-0.39, 0.29) is 6.61 Å². The van der Waals surface area contributed by atoms with Crippen LogP contribution in [0, 0.1) is 0 Å². The molecule has 12 heavy (non-hydrogen) atoms. The number of aliphatic hydroxyl groups is 1. The minimum atomic E-state index is -0.845. The maximum Gasteiger partial charge on any atom is 0.331 e. The van der Waals surface area contributed by atoms with Crippen LogP contribution in [0.3, 0.4) is 0 Å². The van der Waals surface area contributed by atoms with Crippen LogP contribution in [-0.2, 0) is 4.79 Å². The van der Waals surface area contributed by atoms with Crippen LogP contribution in [0.25, 0.3) is 0 Å². The molecule has 0 aromatic carbocycles. The third-order valence-electron chi connectivity index (χ3n) is 1.34. The van der Waals surface area contributed by atoms with Crippen molar-refractivity contribution in [3.63, 3.8) is 0 Å². The normalized spacial score (nSPS) is 11.7. The summed E-state index contributed by atoms with van der Waals surface area (Å²) >= 11 is 1.52. The highest BCUT2D eigenvalue weighted by Crippen LogP contribution is 2.05. The van der Waals surface area contributed by atoms with E-state index in [1.54, 1.807) is 6.08 Å². The van der Waals surface area contributed by atoms with Crippen molar-refractivity contribution < 1.29 is 15.0 Å². The van der Waals surface area contributed by atoms with Gasteiger partial charge in [0, 0.05) is 17.1 Å². The Morgan fingerprint density at radius 1 is 1.58 bits per heavy atom. The summed E-state index contributed by atoms with van der Waals surface area (Å²) in [5.74, 6) is 0.477. The highest BCUT2D eigenvalue weighted by Gasteiger charge is 2.02. The number of carboxylic acid groups (broad SMARTS) is 1. The van der Waals surface area contributed by atoms with Crippen LogP contribution in [0.4, 0.5) is 0 Å². The number of carbonyl (C=O) groups is 1. The molecular formula is C8H14O3S. The first-order valence-corrected chi connectivity index (χ1v) is 4.98. The molecule has 0 aliphatic rings. The van der Waals surface area contributed by atoms with Gasteiger partial charge in [0.25, 0.3) is 0 Å². The first-order chi connectivity index (χ1) is 5.72. The number of aliphatic carboxylic acids is 1. The van der Waals surface area contributed by atoms with Gasteiger partial charge in [0.15, 0.2) is 0 Å². The molecule has 0 aromatic rings. The van der Waals surface area contributed by atoms with E-state index in [0.29, 0.717) is 23.5 Å². The Morgan fingerprint density at radius 2 is 2.25 bits per heavy atom. The number of hydrogen-bond acceptors (Lipinski definition) is 3. The first-order valence-electron chi connectivity index (χ1n) is 3.83. The minimum Gasteiger partial charge on any atom is -0.478 e. The van der Waals surface area contributed by atoms with Gasteiger partial charge in [-0.2, -0.15) is 11.8 Å². The van der Waals surface area contributed by atoms with E-state index in [0.717, 1.165) is 0 Å². The van der Waals surface area contributed by atoms with E-state index in [1.807, 2.05) is 6.92 Å². The molecule has 4 heteroatoms. The largest absolute Gasteiger partial charge is 0.478 e. The zero-order chi connectivity index (χ0) is 9.40. The van der Waals surface area contributed by atoms with Crippen LogP contribution in [0.5, 0.6) is 0 Å². The van der Waals surface area contributed by atoms with Crippen LogP contribution in [0.1, 0.15) is 13.3 Å². The third kappa shape index (κ3) is 5.21. The quantitative estimate of drug-likeness (QED) is 0.487. The van der Waals surface area contributed by atoms with Gasteiger partial charge in [-0.05, 0) is 6.42 Å². The lowest BCUT2D eigenvalue weighted by molar-refractivity contribution is -0.132.